The van der Waals surface area contributed by atoms with Crippen molar-refractivity contribution in [1.29, 1.82) is 0 Å². The van der Waals surface area contributed by atoms with Gasteiger partial charge in [-0.2, -0.15) is 0 Å². The highest BCUT2D eigenvalue weighted by Crippen LogP contribution is 2.46. The van der Waals surface area contributed by atoms with Gasteiger partial charge in [-0.15, -0.1) is 0 Å². The third-order valence-corrected chi connectivity index (χ3v) is 6.91. The zero-order valence-electron chi connectivity index (χ0n) is 14.4. The van der Waals surface area contributed by atoms with Crippen LogP contribution >= 0.6 is 0 Å². The van der Waals surface area contributed by atoms with E-state index in [-0.39, 0.29) is 0 Å². The summed E-state index contributed by atoms with van der Waals surface area (Å²) in [7, 11) is 2.32. The van der Waals surface area contributed by atoms with Crippen LogP contribution in [0.1, 0.15) is 66.2 Å². The molecule has 0 amide bonds. The van der Waals surface area contributed by atoms with Gasteiger partial charge < -0.3 is 5.73 Å². The van der Waals surface area contributed by atoms with E-state index in [4.69, 9.17) is 5.73 Å². The lowest BCUT2D eigenvalue weighted by molar-refractivity contribution is 0.0291. The molecule has 2 aliphatic carbocycles. The van der Waals surface area contributed by atoms with Crippen LogP contribution in [0, 0.1) is 23.2 Å². The van der Waals surface area contributed by atoms with Gasteiger partial charge in [0.15, 0.2) is 0 Å². The second-order valence-corrected chi connectivity index (χ2v) is 8.40. The summed E-state index contributed by atoms with van der Waals surface area (Å²) in [5.74, 6) is 2.77. The van der Waals surface area contributed by atoms with Crippen LogP contribution < -0.4 is 5.73 Å². The van der Waals surface area contributed by atoms with E-state index in [9.17, 15) is 0 Å². The fraction of sp³-hybridized carbons (Fsp3) is 1.00. The lowest BCUT2D eigenvalue weighted by Crippen LogP contribution is -2.55. The average Bonchev–Trinajstić information content (AvgIpc) is 3.14. The smallest absolute Gasteiger partial charge is 0.0329 e. The minimum atomic E-state index is 0.294. The maximum absolute atomic E-state index is 6.22. The Balaban J connectivity index is 1.93. The minimum Gasteiger partial charge on any atom is -0.329 e. The molecule has 0 aromatic carbocycles. The first-order valence-electron chi connectivity index (χ1n) is 8.76. The average molecular weight is 280 g/mol. The number of hydrogen-bond donors (Lipinski definition) is 1. The van der Waals surface area contributed by atoms with Gasteiger partial charge in [0.1, 0.15) is 0 Å². The Kier molecular flexibility index (Phi) is 4.86. The van der Waals surface area contributed by atoms with Gasteiger partial charge in [0.2, 0.25) is 0 Å². The van der Waals surface area contributed by atoms with Crippen LogP contribution in [0.15, 0.2) is 0 Å². The van der Waals surface area contributed by atoms with Crippen molar-refractivity contribution < 1.29 is 0 Å². The molecule has 2 rings (SSSR count). The Morgan fingerprint density at radius 2 is 1.80 bits per heavy atom. The van der Waals surface area contributed by atoms with E-state index >= 15 is 0 Å². The van der Waals surface area contributed by atoms with Crippen molar-refractivity contribution in [2.75, 3.05) is 20.1 Å². The molecule has 2 heteroatoms. The molecule has 0 aromatic rings. The largest absolute Gasteiger partial charge is 0.329 e. The first-order valence-corrected chi connectivity index (χ1v) is 8.76. The highest BCUT2D eigenvalue weighted by atomic mass is 15.2. The van der Waals surface area contributed by atoms with Gasteiger partial charge in [-0.25, -0.2) is 0 Å². The summed E-state index contributed by atoms with van der Waals surface area (Å²) < 4.78 is 0. The van der Waals surface area contributed by atoms with Crippen molar-refractivity contribution in [3.05, 3.63) is 0 Å². The minimum absolute atomic E-state index is 0.294. The number of likely N-dealkylation sites (N-methyl/N-ethyl adjacent to an activating group) is 1. The van der Waals surface area contributed by atoms with Crippen LogP contribution in [0.4, 0.5) is 0 Å². The van der Waals surface area contributed by atoms with Crippen LogP contribution in [-0.4, -0.2) is 30.6 Å². The molecule has 0 aliphatic heterocycles. The topological polar surface area (TPSA) is 29.3 Å². The van der Waals surface area contributed by atoms with Gasteiger partial charge in [-0.05, 0) is 62.3 Å². The predicted octanol–water partition coefficient (Wildman–Crippen LogP) is 3.90. The highest BCUT2D eigenvalue weighted by Gasteiger charge is 2.43. The molecule has 20 heavy (non-hydrogen) atoms. The Morgan fingerprint density at radius 1 is 1.25 bits per heavy atom. The van der Waals surface area contributed by atoms with Crippen LogP contribution in [0.2, 0.25) is 0 Å². The third kappa shape index (κ3) is 3.22. The van der Waals surface area contributed by atoms with Gasteiger partial charge in [-0.1, -0.05) is 34.1 Å². The molecule has 0 spiro atoms. The summed E-state index contributed by atoms with van der Waals surface area (Å²) in [4.78, 5) is 2.62. The van der Waals surface area contributed by atoms with Crippen molar-refractivity contribution >= 4 is 0 Å². The number of nitrogens with zero attached hydrogens (tertiary/aromatic N) is 1. The SMILES string of the molecule is CCC(C)(C)C1CCC(CN)(N(C)CC2CC2C)CC1. The molecule has 2 N–H and O–H groups in total. The molecule has 0 radical (unpaired) electrons. The zero-order chi connectivity index (χ0) is 15.0. The van der Waals surface area contributed by atoms with Gasteiger partial charge in [0, 0.05) is 18.6 Å². The fourth-order valence-corrected chi connectivity index (χ4v) is 4.17. The van der Waals surface area contributed by atoms with Crippen molar-refractivity contribution in [1.82, 2.24) is 4.90 Å². The summed E-state index contributed by atoms with van der Waals surface area (Å²) in [6.45, 7) is 11.7. The standard InChI is InChI=1S/C18H36N2/c1-6-17(3,4)16-7-9-18(13-19,10-8-16)20(5)12-15-11-14(15)2/h14-16H,6-13,19H2,1-5H3. The summed E-state index contributed by atoms with van der Waals surface area (Å²) in [5, 5.41) is 0. The van der Waals surface area contributed by atoms with Crippen LogP contribution in [0.3, 0.4) is 0 Å². The molecule has 2 fully saturated rings. The molecule has 2 atom stereocenters. The predicted molar refractivity (Wildman–Crippen MR) is 87.7 cm³/mol. The van der Waals surface area contributed by atoms with E-state index in [1.807, 2.05) is 0 Å². The van der Waals surface area contributed by atoms with E-state index in [0.29, 0.717) is 11.0 Å². The summed E-state index contributed by atoms with van der Waals surface area (Å²) in [6.07, 6.45) is 8.05. The quantitative estimate of drug-likeness (QED) is 0.799. The number of nitrogens with two attached hydrogens (primary N) is 1. The van der Waals surface area contributed by atoms with Crippen molar-refractivity contribution in [2.45, 2.75) is 71.8 Å². The lowest BCUT2D eigenvalue weighted by atomic mass is 9.65. The van der Waals surface area contributed by atoms with Crippen LogP contribution in [-0.2, 0) is 0 Å². The monoisotopic (exact) mass is 280 g/mol. The summed E-state index contributed by atoms with van der Waals surface area (Å²) >= 11 is 0. The molecule has 0 aromatic heterocycles. The first kappa shape index (κ1) is 16.3. The fourth-order valence-electron chi connectivity index (χ4n) is 4.17. The highest BCUT2D eigenvalue weighted by molar-refractivity contribution is 4.99. The normalized spacial score (nSPS) is 38.2. The second kappa shape index (κ2) is 5.96. The maximum Gasteiger partial charge on any atom is 0.0329 e. The van der Waals surface area contributed by atoms with Crippen molar-refractivity contribution in [3.8, 4) is 0 Å². The van der Waals surface area contributed by atoms with E-state index < -0.39 is 0 Å². The van der Waals surface area contributed by atoms with E-state index in [0.717, 1.165) is 24.3 Å². The van der Waals surface area contributed by atoms with Crippen molar-refractivity contribution in [2.24, 2.45) is 28.9 Å². The van der Waals surface area contributed by atoms with E-state index in [2.05, 4.69) is 39.6 Å². The second-order valence-electron chi connectivity index (χ2n) is 8.40. The Morgan fingerprint density at radius 3 is 2.20 bits per heavy atom. The number of rotatable bonds is 6. The molecular formula is C18H36N2. The molecular weight excluding hydrogens is 244 g/mol. The lowest BCUT2D eigenvalue weighted by Gasteiger charge is -2.49. The Hall–Kier alpha value is -0.0800. The van der Waals surface area contributed by atoms with E-state index in [1.54, 1.807) is 0 Å². The Bertz CT molecular complexity index is 315. The molecule has 0 heterocycles. The van der Waals surface area contributed by atoms with Gasteiger partial charge >= 0.3 is 0 Å². The molecule has 2 nitrogen and oxygen atoms in total. The molecule has 0 saturated heterocycles. The van der Waals surface area contributed by atoms with Crippen LogP contribution in [0.5, 0.6) is 0 Å². The number of hydrogen-bond acceptors (Lipinski definition) is 2. The molecule has 0 bridgehead atoms. The van der Waals surface area contributed by atoms with E-state index in [1.165, 1.54) is 45.1 Å². The summed E-state index contributed by atoms with van der Waals surface area (Å²) in [5.41, 5.74) is 7.01. The molecule has 2 aliphatic rings. The first-order chi connectivity index (χ1) is 9.34. The van der Waals surface area contributed by atoms with Gasteiger partial charge in [-0.3, -0.25) is 4.90 Å². The molecule has 118 valence electrons. The van der Waals surface area contributed by atoms with Crippen molar-refractivity contribution in [3.63, 3.8) is 0 Å². The van der Waals surface area contributed by atoms with Gasteiger partial charge in [0.25, 0.3) is 0 Å². The maximum atomic E-state index is 6.22. The van der Waals surface area contributed by atoms with Gasteiger partial charge in [0.05, 0.1) is 0 Å². The molecule has 2 unspecified atom stereocenters. The summed E-state index contributed by atoms with van der Waals surface area (Å²) in [6, 6.07) is 0. The zero-order valence-corrected chi connectivity index (χ0v) is 14.4. The Labute approximate surface area is 126 Å². The third-order valence-electron chi connectivity index (χ3n) is 6.91. The molecule has 2 saturated carbocycles. The van der Waals surface area contributed by atoms with Crippen LogP contribution in [0.25, 0.3) is 0 Å².